The summed E-state index contributed by atoms with van der Waals surface area (Å²) in [5.41, 5.74) is 1.82. The van der Waals surface area contributed by atoms with Gasteiger partial charge in [-0.05, 0) is 43.3 Å². The van der Waals surface area contributed by atoms with Crippen LogP contribution in [0.3, 0.4) is 0 Å². The van der Waals surface area contributed by atoms with Crippen LogP contribution in [0.2, 0.25) is 0 Å². The molecule has 0 saturated heterocycles. The van der Waals surface area contributed by atoms with Gasteiger partial charge in [-0.15, -0.1) is 0 Å². The summed E-state index contributed by atoms with van der Waals surface area (Å²) in [5.74, 6) is -1.18. The van der Waals surface area contributed by atoms with Gasteiger partial charge in [-0.2, -0.15) is 0 Å². The molecular formula is C23H27N3O7S2. The number of rotatable bonds is 9. The maximum absolute atomic E-state index is 12.9. The number of amides is 2. The first-order valence-electron chi connectivity index (χ1n) is 10.6. The Bertz CT molecular complexity index is 1450. The van der Waals surface area contributed by atoms with Gasteiger partial charge in [0, 0.05) is 41.3 Å². The number of nitrogens with one attached hydrogen (secondary N) is 2. The predicted octanol–water partition coefficient (Wildman–Crippen LogP) is 2.02. The van der Waals surface area contributed by atoms with Crippen LogP contribution >= 0.6 is 0 Å². The SMILES string of the molecule is CC(CC(=O)Nc1ccc2c(c1)cc(C(=O)Nc1ccccc1)n2CCO)(S(C)(=O)=O)S(C)(=O)=O. The molecule has 12 heteroatoms. The van der Waals surface area contributed by atoms with Crippen molar-refractivity contribution in [1.82, 2.24) is 4.57 Å². The number of hydrogen-bond acceptors (Lipinski definition) is 7. The lowest BCUT2D eigenvalue weighted by molar-refractivity contribution is -0.116. The normalized spacial score (nSPS) is 12.5. The molecule has 1 heterocycles. The minimum Gasteiger partial charge on any atom is -0.395 e. The maximum Gasteiger partial charge on any atom is 0.272 e. The number of benzene rings is 2. The molecule has 10 nitrogen and oxygen atoms in total. The molecule has 2 aromatic carbocycles. The smallest absolute Gasteiger partial charge is 0.272 e. The molecule has 1 aromatic heterocycles. The monoisotopic (exact) mass is 521 g/mol. The molecule has 35 heavy (non-hydrogen) atoms. The van der Waals surface area contributed by atoms with E-state index in [-0.39, 0.29) is 19.1 Å². The largest absolute Gasteiger partial charge is 0.395 e. The Hall–Kier alpha value is -3.22. The minimum atomic E-state index is -4.11. The van der Waals surface area contributed by atoms with E-state index in [1.165, 1.54) is 0 Å². The molecule has 3 aromatic rings. The number of aliphatic hydroxyl groups is 1. The first kappa shape index (κ1) is 26.4. The second-order valence-electron chi connectivity index (χ2n) is 8.40. The average Bonchev–Trinajstić information content (AvgIpc) is 3.11. The second kappa shape index (κ2) is 9.80. The standard InChI is InChI=1S/C23H27N3O7S2/c1-23(34(2,30)31,35(3,32)33)15-21(28)24-18-9-10-19-16(13-18)14-20(26(19)11-12-27)22(29)25-17-7-5-4-6-8-17/h4-10,13-14,27H,11-12,15H2,1-3H3,(H,24,28)(H,25,29). The summed E-state index contributed by atoms with van der Waals surface area (Å²) in [6.45, 7) is 0.963. The predicted molar refractivity (Wildman–Crippen MR) is 135 cm³/mol. The molecule has 3 N–H and O–H groups in total. The lowest BCUT2D eigenvalue weighted by Gasteiger charge is -2.25. The molecule has 0 saturated carbocycles. The van der Waals surface area contributed by atoms with Crippen LogP contribution in [0.5, 0.6) is 0 Å². The van der Waals surface area contributed by atoms with Crippen molar-refractivity contribution in [1.29, 1.82) is 0 Å². The summed E-state index contributed by atoms with van der Waals surface area (Å²) >= 11 is 0. The van der Waals surface area contributed by atoms with Crippen molar-refractivity contribution in [3.63, 3.8) is 0 Å². The van der Waals surface area contributed by atoms with E-state index in [0.717, 1.165) is 19.4 Å². The van der Waals surface area contributed by atoms with E-state index < -0.39 is 36.1 Å². The van der Waals surface area contributed by atoms with E-state index in [4.69, 9.17) is 0 Å². The molecule has 0 bridgehead atoms. The Labute approximate surface area is 203 Å². The topological polar surface area (TPSA) is 152 Å². The van der Waals surface area contributed by atoms with Crippen molar-refractivity contribution in [2.24, 2.45) is 0 Å². The van der Waals surface area contributed by atoms with E-state index in [1.54, 1.807) is 53.1 Å². The average molecular weight is 522 g/mol. The summed E-state index contributed by atoms with van der Waals surface area (Å²) in [4.78, 5) is 25.5. The van der Waals surface area contributed by atoms with Gasteiger partial charge in [0.15, 0.2) is 23.8 Å². The molecule has 2 amide bonds. The number of aliphatic hydroxyl groups excluding tert-OH is 1. The molecule has 0 radical (unpaired) electrons. The highest BCUT2D eigenvalue weighted by atomic mass is 32.3. The van der Waals surface area contributed by atoms with Gasteiger partial charge in [-0.3, -0.25) is 9.59 Å². The zero-order valence-corrected chi connectivity index (χ0v) is 21.1. The molecule has 0 aliphatic carbocycles. The van der Waals surface area contributed by atoms with Crippen LogP contribution in [0.15, 0.2) is 54.6 Å². The molecule has 0 spiro atoms. The highest BCUT2D eigenvalue weighted by Gasteiger charge is 2.47. The fourth-order valence-electron chi connectivity index (χ4n) is 3.63. The molecule has 0 atom stereocenters. The number of nitrogens with zero attached hydrogens (tertiary/aromatic N) is 1. The fraction of sp³-hybridized carbons (Fsp3) is 0.304. The van der Waals surface area contributed by atoms with Gasteiger partial charge in [0.2, 0.25) is 5.91 Å². The van der Waals surface area contributed by atoms with E-state index >= 15 is 0 Å². The van der Waals surface area contributed by atoms with Crippen LogP contribution in [-0.2, 0) is 31.0 Å². The Kier molecular flexibility index (Phi) is 7.39. The molecule has 0 fully saturated rings. The second-order valence-corrected chi connectivity index (χ2v) is 13.6. The molecule has 3 rings (SSSR count). The third-order valence-electron chi connectivity index (χ3n) is 5.82. The molecular weight excluding hydrogens is 494 g/mol. The molecule has 0 unspecified atom stereocenters. The van der Waals surface area contributed by atoms with Gasteiger partial charge >= 0.3 is 0 Å². The number of carbonyl (C=O) groups excluding carboxylic acids is 2. The molecule has 188 valence electrons. The zero-order valence-electron chi connectivity index (χ0n) is 19.5. The summed E-state index contributed by atoms with van der Waals surface area (Å²) in [7, 11) is -8.22. The quantitative estimate of drug-likeness (QED) is 0.390. The Balaban J connectivity index is 1.90. The van der Waals surface area contributed by atoms with E-state index in [1.807, 2.05) is 6.07 Å². The number of carbonyl (C=O) groups is 2. The van der Waals surface area contributed by atoms with Gasteiger partial charge in [-0.25, -0.2) is 16.8 Å². The fourth-order valence-corrected chi connectivity index (χ4v) is 6.61. The number of anilines is 2. The van der Waals surface area contributed by atoms with Crippen LogP contribution in [0.25, 0.3) is 10.9 Å². The highest BCUT2D eigenvalue weighted by molar-refractivity contribution is 8.09. The summed E-state index contributed by atoms with van der Waals surface area (Å²) in [6, 6.07) is 15.3. The van der Waals surface area contributed by atoms with Crippen molar-refractivity contribution in [2.75, 3.05) is 29.8 Å². The Morgan fingerprint density at radius 2 is 1.54 bits per heavy atom. The van der Waals surface area contributed by atoms with Crippen LogP contribution in [0.1, 0.15) is 23.8 Å². The van der Waals surface area contributed by atoms with Gasteiger partial charge < -0.3 is 20.3 Å². The molecule has 0 aliphatic heterocycles. The first-order valence-corrected chi connectivity index (χ1v) is 14.3. The maximum atomic E-state index is 12.9. The highest BCUT2D eigenvalue weighted by Crippen LogP contribution is 2.29. The molecule has 0 aliphatic rings. The van der Waals surface area contributed by atoms with Crippen LogP contribution in [-0.4, -0.2) is 61.5 Å². The van der Waals surface area contributed by atoms with E-state index in [2.05, 4.69) is 10.6 Å². The van der Waals surface area contributed by atoms with Crippen molar-refractivity contribution < 1.29 is 31.5 Å². The van der Waals surface area contributed by atoms with E-state index in [0.29, 0.717) is 28.0 Å². The van der Waals surface area contributed by atoms with Crippen molar-refractivity contribution in [2.45, 2.75) is 24.0 Å². The van der Waals surface area contributed by atoms with E-state index in [9.17, 15) is 31.5 Å². The van der Waals surface area contributed by atoms with Crippen LogP contribution in [0, 0.1) is 0 Å². The summed E-state index contributed by atoms with van der Waals surface area (Å²) in [5, 5.41) is 15.4. The Morgan fingerprint density at radius 3 is 2.11 bits per heavy atom. The van der Waals surface area contributed by atoms with Crippen molar-refractivity contribution >= 4 is 53.8 Å². The lowest BCUT2D eigenvalue weighted by Crippen LogP contribution is -2.45. The number of hydrogen-bond donors (Lipinski definition) is 3. The van der Waals surface area contributed by atoms with Crippen LogP contribution < -0.4 is 10.6 Å². The summed E-state index contributed by atoms with van der Waals surface area (Å²) in [6.07, 6.45) is 0.775. The number of aromatic nitrogens is 1. The third kappa shape index (κ3) is 5.55. The van der Waals surface area contributed by atoms with Crippen LogP contribution in [0.4, 0.5) is 11.4 Å². The number of sulfone groups is 2. The third-order valence-corrected chi connectivity index (χ3v) is 11.1. The van der Waals surface area contributed by atoms with Crippen molar-refractivity contribution in [3.8, 4) is 0 Å². The summed E-state index contributed by atoms with van der Waals surface area (Å²) < 4.78 is 47.9. The Morgan fingerprint density at radius 1 is 0.914 bits per heavy atom. The van der Waals surface area contributed by atoms with Gasteiger partial charge in [0.1, 0.15) is 5.69 Å². The van der Waals surface area contributed by atoms with Crippen molar-refractivity contribution in [3.05, 3.63) is 60.3 Å². The zero-order chi connectivity index (χ0) is 26.0. The van der Waals surface area contributed by atoms with Gasteiger partial charge in [0.05, 0.1) is 13.0 Å². The van der Waals surface area contributed by atoms with Gasteiger partial charge in [0.25, 0.3) is 5.91 Å². The lowest BCUT2D eigenvalue weighted by atomic mass is 10.2. The minimum absolute atomic E-state index is 0.161. The number of para-hydroxylation sites is 1. The van der Waals surface area contributed by atoms with Gasteiger partial charge in [-0.1, -0.05) is 18.2 Å². The number of fused-ring (bicyclic) bond motifs is 1. The first-order chi connectivity index (χ1) is 16.3.